The second-order valence-corrected chi connectivity index (χ2v) is 10.3. The van der Waals surface area contributed by atoms with Crippen molar-refractivity contribution in [3.63, 3.8) is 0 Å². The molecule has 4 aromatic carbocycles. The van der Waals surface area contributed by atoms with Gasteiger partial charge in [0.05, 0.1) is 21.8 Å². The summed E-state index contributed by atoms with van der Waals surface area (Å²) in [6, 6.07) is 24.0. The standard InChI is InChI=1S/C27H20ClF3N2O4S/c28-20-14-15-25(37-22-10-3-1-4-11-22)24(17-20)32-26(34)18-33(38(35,36)23-12-5-2-6-13-23)21-9-7-8-19(16-21)27(29,30)31/h1-17H,18H2,(H,32,34). The molecule has 0 aromatic heterocycles. The first kappa shape index (κ1) is 27.0. The summed E-state index contributed by atoms with van der Waals surface area (Å²) in [6.45, 7) is -0.824. The molecule has 0 aliphatic carbocycles. The van der Waals surface area contributed by atoms with Crippen molar-refractivity contribution in [2.45, 2.75) is 11.1 Å². The van der Waals surface area contributed by atoms with Crippen LogP contribution in [0.25, 0.3) is 0 Å². The van der Waals surface area contributed by atoms with Gasteiger partial charge in [-0.25, -0.2) is 8.42 Å². The van der Waals surface area contributed by atoms with Crippen LogP contribution in [0.5, 0.6) is 11.5 Å². The summed E-state index contributed by atoms with van der Waals surface area (Å²) in [7, 11) is -4.42. The van der Waals surface area contributed by atoms with Crippen molar-refractivity contribution in [2.75, 3.05) is 16.2 Å². The Bertz CT molecular complexity index is 1530. The number of halogens is 4. The number of benzene rings is 4. The second-order valence-electron chi connectivity index (χ2n) is 7.98. The molecule has 4 rings (SSSR count). The van der Waals surface area contributed by atoms with Gasteiger partial charge in [0, 0.05) is 5.02 Å². The van der Waals surface area contributed by atoms with E-state index in [-0.39, 0.29) is 27.0 Å². The Balaban J connectivity index is 1.68. The summed E-state index contributed by atoms with van der Waals surface area (Å²) in [5, 5.41) is 2.83. The van der Waals surface area contributed by atoms with Crippen molar-refractivity contribution in [3.8, 4) is 11.5 Å². The topological polar surface area (TPSA) is 75.7 Å². The Morgan fingerprint density at radius 3 is 2.18 bits per heavy atom. The summed E-state index contributed by atoms with van der Waals surface area (Å²) in [6.07, 6.45) is -4.72. The Labute approximate surface area is 222 Å². The first-order valence-electron chi connectivity index (χ1n) is 11.1. The number of sulfonamides is 1. The highest BCUT2D eigenvalue weighted by molar-refractivity contribution is 7.92. The van der Waals surface area contributed by atoms with Crippen molar-refractivity contribution in [2.24, 2.45) is 0 Å². The number of alkyl halides is 3. The van der Waals surface area contributed by atoms with Gasteiger partial charge in [-0.2, -0.15) is 13.2 Å². The van der Waals surface area contributed by atoms with Crippen LogP contribution < -0.4 is 14.4 Å². The molecule has 0 aliphatic rings. The molecular formula is C27H20ClF3N2O4S. The monoisotopic (exact) mass is 560 g/mol. The summed E-state index contributed by atoms with van der Waals surface area (Å²) in [5.41, 5.74) is -1.24. The zero-order chi connectivity index (χ0) is 27.3. The first-order valence-corrected chi connectivity index (χ1v) is 12.9. The van der Waals surface area contributed by atoms with Crippen molar-refractivity contribution in [1.29, 1.82) is 0 Å². The van der Waals surface area contributed by atoms with E-state index < -0.39 is 34.2 Å². The molecule has 11 heteroatoms. The predicted octanol–water partition coefficient (Wildman–Crippen LogP) is 6.99. The zero-order valence-electron chi connectivity index (χ0n) is 19.5. The van der Waals surface area contributed by atoms with Crippen molar-refractivity contribution < 1.29 is 31.1 Å². The minimum absolute atomic E-state index is 0.146. The fraction of sp³-hybridized carbons (Fsp3) is 0.0741. The molecule has 196 valence electrons. The summed E-state index contributed by atoms with van der Waals surface area (Å²) >= 11 is 6.10. The molecular weight excluding hydrogens is 541 g/mol. The van der Waals surface area contributed by atoms with E-state index in [0.717, 1.165) is 12.1 Å². The molecule has 0 aliphatic heterocycles. The Kier molecular flexibility index (Phi) is 7.94. The van der Waals surface area contributed by atoms with E-state index in [1.54, 1.807) is 42.5 Å². The molecule has 0 saturated carbocycles. The van der Waals surface area contributed by atoms with Crippen LogP contribution in [-0.2, 0) is 21.0 Å². The molecule has 0 saturated heterocycles. The quantitative estimate of drug-likeness (QED) is 0.252. The molecule has 0 heterocycles. The van der Waals surface area contributed by atoms with E-state index in [0.29, 0.717) is 16.1 Å². The normalized spacial score (nSPS) is 11.6. The van der Waals surface area contributed by atoms with Crippen molar-refractivity contribution >= 4 is 38.9 Å². The number of carbonyl (C=O) groups is 1. The minimum atomic E-state index is -4.72. The van der Waals surface area contributed by atoms with Crippen LogP contribution in [0, 0.1) is 0 Å². The fourth-order valence-electron chi connectivity index (χ4n) is 3.50. The molecule has 0 radical (unpaired) electrons. The predicted molar refractivity (Wildman–Crippen MR) is 139 cm³/mol. The molecule has 0 unspecified atom stereocenters. The molecule has 0 atom stereocenters. The van der Waals surface area contributed by atoms with Gasteiger partial charge < -0.3 is 10.1 Å². The van der Waals surface area contributed by atoms with E-state index in [9.17, 15) is 26.4 Å². The number of nitrogens with one attached hydrogen (secondary N) is 1. The van der Waals surface area contributed by atoms with Crippen LogP contribution in [0.15, 0.2) is 108 Å². The lowest BCUT2D eigenvalue weighted by atomic mass is 10.2. The summed E-state index contributed by atoms with van der Waals surface area (Å²) in [4.78, 5) is 12.9. The highest BCUT2D eigenvalue weighted by Crippen LogP contribution is 2.34. The molecule has 1 amide bonds. The zero-order valence-corrected chi connectivity index (χ0v) is 21.1. The Hall–Kier alpha value is -4.02. The number of rotatable bonds is 8. The van der Waals surface area contributed by atoms with E-state index in [1.165, 1.54) is 42.5 Å². The van der Waals surface area contributed by atoms with Crippen molar-refractivity contribution in [3.05, 3.63) is 114 Å². The SMILES string of the molecule is O=C(CN(c1cccc(C(F)(F)F)c1)S(=O)(=O)c1ccccc1)Nc1cc(Cl)ccc1Oc1ccccc1. The molecule has 0 bridgehead atoms. The maximum absolute atomic E-state index is 13.5. The van der Waals surface area contributed by atoms with Gasteiger partial charge in [-0.1, -0.05) is 54.1 Å². The van der Waals surface area contributed by atoms with Gasteiger partial charge in [0.25, 0.3) is 10.0 Å². The van der Waals surface area contributed by atoms with E-state index in [1.807, 2.05) is 0 Å². The van der Waals surface area contributed by atoms with Crippen LogP contribution in [0.2, 0.25) is 5.02 Å². The van der Waals surface area contributed by atoms with E-state index in [2.05, 4.69) is 5.32 Å². The molecule has 4 aromatic rings. The van der Waals surface area contributed by atoms with E-state index >= 15 is 0 Å². The van der Waals surface area contributed by atoms with Gasteiger partial charge in [-0.15, -0.1) is 0 Å². The van der Waals surface area contributed by atoms with Gasteiger partial charge in [0.15, 0.2) is 5.75 Å². The first-order chi connectivity index (χ1) is 18.0. The third kappa shape index (κ3) is 6.45. The maximum Gasteiger partial charge on any atom is 0.416 e. The smallest absolute Gasteiger partial charge is 0.416 e. The second kappa shape index (κ2) is 11.2. The summed E-state index contributed by atoms with van der Waals surface area (Å²) < 4.78 is 73.5. The third-order valence-electron chi connectivity index (χ3n) is 5.27. The average molecular weight is 561 g/mol. The van der Waals surface area contributed by atoms with Gasteiger partial charge in [-0.05, 0) is 60.7 Å². The van der Waals surface area contributed by atoms with Crippen LogP contribution in [0.3, 0.4) is 0 Å². The fourth-order valence-corrected chi connectivity index (χ4v) is 5.10. The number of amides is 1. The third-order valence-corrected chi connectivity index (χ3v) is 7.29. The van der Waals surface area contributed by atoms with Crippen LogP contribution in [0.1, 0.15) is 5.56 Å². The number of ether oxygens (including phenoxy) is 1. The highest BCUT2D eigenvalue weighted by Gasteiger charge is 2.33. The number of carbonyl (C=O) groups excluding carboxylic acids is 1. The van der Waals surface area contributed by atoms with Crippen LogP contribution >= 0.6 is 11.6 Å². The molecule has 1 N–H and O–H groups in total. The minimum Gasteiger partial charge on any atom is -0.455 e. The van der Waals surface area contributed by atoms with Gasteiger partial charge in [-0.3, -0.25) is 9.10 Å². The molecule has 0 spiro atoms. The Morgan fingerprint density at radius 2 is 1.53 bits per heavy atom. The average Bonchev–Trinajstić information content (AvgIpc) is 2.89. The van der Waals surface area contributed by atoms with Gasteiger partial charge >= 0.3 is 6.18 Å². The summed E-state index contributed by atoms with van der Waals surface area (Å²) in [5.74, 6) is -0.129. The van der Waals surface area contributed by atoms with E-state index in [4.69, 9.17) is 16.3 Å². The molecule has 6 nitrogen and oxygen atoms in total. The molecule has 38 heavy (non-hydrogen) atoms. The van der Waals surface area contributed by atoms with Crippen molar-refractivity contribution in [1.82, 2.24) is 0 Å². The Morgan fingerprint density at radius 1 is 0.868 bits per heavy atom. The number of nitrogens with zero attached hydrogens (tertiary/aromatic N) is 1. The number of hydrogen-bond acceptors (Lipinski definition) is 4. The van der Waals surface area contributed by atoms with Crippen LogP contribution in [0.4, 0.5) is 24.5 Å². The van der Waals surface area contributed by atoms with Crippen LogP contribution in [-0.4, -0.2) is 20.9 Å². The van der Waals surface area contributed by atoms with Gasteiger partial charge in [0.1, 0.15) is 12.3 Å². The number of para-hydroxylation sites is 1. The molecule has 0 fully saturated rings. The van der Waals surface area contributed by atoms with Gasteiger partial charge in [0.2, 0.25) is 5.91 Å². The lowest BCUT2D eigenvalue weighted by molar-refractivity contribution is -0.137. The number of hydrogen-bond donors (Lipinski definition) is 1. The number of anilines is 2. The lowest BCUT2D eigenvalue weighted by Gasteiger charge is -2.25. The highest BCUT2D eigenvalue weighted by atomic mass is 35.5. The lowest BCUT2D eigenvalue weighted by Crippen LogP contribution is -2.38. The maximum atomic E-state index is 13.5. The largest absolute Gasteiger partial charge is 0.455 e.